The number of amides is 1. The van der Waals surface area contributed by atoms with Crippen LogP contribution < -0.4 is 11.1 Å². The molecule has 0 aromatic heterocycles. The normalized spacial score (nSPS) is 11.2. The van der Waals surface area contributed by atoms with Crippen molar-refractivity contribution in [2.75, 3.05) is 11.9 Å². The van der Waals surface area contributed by atoms with E-state index in [2.05, 4.69) is 5.32 Å². The number of halogens is 3. The first-order valence-electron chi connectivity index (χ1n) is 5.59. The Balaban J connectivity index is 2.75. The third-order valence-electron chi connectivity index (χ3n) is 2.43. The summed E-state index contributed by atoms with van der Waals surface area (Å²) in [7, 11) is 0. The average molecular weight is 291 g/mol. The molecule has 1 amide bonds. The average Bonchev–Trinajstić information content (AvgIpc) is 2.33. The molecule has 0 aliphatic rings. The van der Waals surface area contributed by atoms with Gasteiger partial charge in [0.25, 0.3) is 5.69 Å². The quantitative estimate of drug-likeness (QED) is 0.478. The molecule has 3 N–H and O–H groups in total. The van der Waals surface area contributed by atoms with Gasteiger partial charge in [-0.25, -0.2) is 0 Å². The highest BCUT2D eigenvalue weighted by atomic mass is 19.4. The summed E-state index contributed by atoms with van der Waals surface area (Å²) in [5.74, 6) is -0.822. The number of anilines is 1. The van der Waals surface area contributed by atoms with E-state index in [1.807, 2.05) is 0 Å². The first-order chi connectivity index (χ1) is 9.20. The number of nitrogens with one attached hydrogen (secondary N) is 1. The van der Waals surface area contributed by atoms with Crippen molar-refractivity contribution in [1.82, 2.24) is 0 Å². The van der Waals surface area contributed by atoms with Crippen LogP contribution in [0.2, 0.25) is 0 Å². The van der Waals surface area contributed by atoms with Gasteiger partial charge >= 0.3 is 6.18 Å². The first kappa shape index (κ1) is 15.7. The molecule has 0 unspecified atom stereocenters. The van der Waals surface area contributed by atoms with Crippen molar-refractivity contribution in [2.45, 2.75) is 19.0 Å². The largest absolute Gasteiger partial charge is 0.389 e. The molecule has 1 aromatic rings. The SMILES string of the molecule is NC(=O)c1ccc(NCCCC(F)(F)F)c([N+](=O)[O-])c1. The molecule has 0 fully saturated rings. The number of nitrogens with two attached hydrogens (primary N) is 1. The Hall–Kier alpha value is -2.32. The molecule has 6 nitrogen and oxygen atoms in total. The molecule has 0 atom stereocenters. The van der Waals surface area contributed by atoms with E-state index in [1.165, 1.54) is 12.1 Å². The Morgan fingerprint density at radius 2 is 2.05 bits per heavy atom. The molecule has 0 spiro atoms. The Morgan fingerprint density at radius 1 is 1.40 bits per heavy atom. The molecule has 0 saturated carbocycles. The summed E-state index contributed by atoms with van der Waals surface area (Å²) in [4.78, 5) is 21.0. The van der Waals surface area contributed by atoms with Gasteiger partial charge in [-0.1, -0.05) is 0 Å². The number of carbonyl (C=O) groups is 1. The van der Waals surface area contributed by atoms with E-state index in [0.717, 1.165) is 6.07 Å². The van der Waals surface area contributed by atoms with E-state index in [4.69, 9.17) is 5.73 Å². The predicted octanol–water partition coefficient (Wildman–Crippen LogP) is 2.45. The van der Waals surface area contributed by atoms with Crippen LogP contribution in [-0.2, 0) is 0 Å². The van der Waals surface area contributed by atoms with Gasteiger partial charge in [-0.15, -0.1) is 0 Å². The van der Waals surface area contributed by atoms with Crippen LogP contribution in [0.5, 0.6) is 0 Å². The van der Waals surface area contributed by atoms with Crippen LogP contribution in [0.1, 0.15) is 23.2 Å². The maximum Gasteiger partial charge on any atom is 0.389 e. The zero-order valence-corrected chi connectivity index (χ0v) is 10.2. The molecule has 0 aliphatic heterocycles. The summed E-state index contributed by atoms with van der Waals surface area (Å²) < 4.78 is 35.8. The monoisotopic (exact) mass is 291 g/mol. The molecule has 20 heavy (non-hydrogen) atoms. The van der Waals surface area contributed by atoms with Crippen LogP contribution in [0.3, 0.4) is 0 Å². The lowest BCUT2D eigenvalue weighted by Gasteiger charge is -2.09. The fraction of sp³-hybridized carbons (Fsp3) is 0.364. The Morgan fingerprint density at radius 3 is 2.55 bits per heavy atom. The molecule has 1 rings (SSSR count). The topological polar surface area (TPSA) is 98.3 Å². The number of alkyl halides is 3. The van der Waals surface area contributed by atoms with Crippen LogP contribution in [0.25, 0.3) is 0 Å². The van der Waals surface area contributed by atoms with Gasteiger partial charge in [0.2, 0.25) is 5.91 Å². The number of primary amides is 1. The third-order valence-corrected chi connectivity index (χ3v) is 2.43. The van der Waals surface area contributed by atoms with Crippen LogP contribution >= 0.6 is 0 Å². The molecule has 110 valence electrons. The highest BCUT2D eigenvalue weighted by Gasteiger charge is 2.26. The van der Waals surface area contributed by atoms with Gasteiger partial charge in [0, 0.05) is 24.6 Å². The standard InChI is InChI=1S/C11H12F3N3O3/c12-11(13,14)4-1-5-16-8-3-2-7(10(15)18)6-9(8)17(19)20/h2-3,6,16H,1,4-5H2,(H2,15,18). The Labute approximate surface area is 111 Å². The molecule has 0 saturated heterocycles. The zero-order chi connectivity index (χ0) is 15.3. The molecule has 0 aliphatic carbocycles. The van der Waals surface area contributed by atoms with Crippen LogP contribution in [0.4, 0.5) is 24.5 Å². The number of hydrogen-bond donors (Lipinski definition) is 2. The molecular weight excluding hydrogens is 279 g/mol. The number of benzene rings is 1. The summed E-state index contributed by atoms with van der Waals surface area (Å²) in [5, 5.41) is 13.4. The lowest BCUT2D eigenvalue weighted by Crippen LogP contribution is -2.13. The molecule has 0 radical (unpaired) electrons. The number of nitro benzene ring substituents is 1. The summed E-state index contributed by atoms with van der Waals surface area (Å²) in [6, 6.07) is 3.49. The summed E-state index contributed by atoms with van der Waals surface area (Å²) in [6.07, 6.45) is -5.45. The minimum Gasteiger partial charge on any atom is -0.379 e. The zero-order valence-electron chi connectivity index (χ0n) is 10.2. The molecule has 0 heterocycles. The summed E-state index contributed by atoms with van der Waals surface area (Å²) in [5.41, 5.74) is 4.59. The van der Waals surface area contributed by atoms with Crippen molar-refractivity contribution >= 4 is 17.3 Å². The van der Waals surface area contributed by atoms with E-state index in [-0.39, 0.29) is 24.2 Å². The molecule has 1 aromatic carbocycles. The second kappa shape index (κ2) is 6.22. The van der Waals surface area contributed by atoms with Crippen molar-refractivity contribution in [2.24, 2.45) is 5.73 Å². The van der Waals surface area contributed by atoms with Gasteiger partial charge in [-0.2, -0.15) is 13.2 Å². The third kappa shape index (κ3) is 4.75. The fourth-order valence-corrected chi connectivity index (χ4v) is 1.50. The Kier molecular flexibility index (Phi) is 4.89. The number of hydrogen-bond acceptors (Lipinski definition) is 4. The highest BCUT2D eigenvalue weighted by molar-refractivity contribution is 5.94. The van der Waals surface area contributed by atoms with Crippen molar-refractivity contribution in [3.63, 3.8) is 0 Å². The van der Waals surface area contributed by atoms with E-state index in [0.29, 0.717) is 0 Å². The van der Waals surface area contributed by atoms with Gasteiger partial charge in [-0.05, 0) is 18.6 Å². The second-order valence-corrected chi connectivity index (χ2v) is 4.00. The van der Waals surface area contributed by atoms with E-state index < -0.39 is 29.1 Å². The van der Waals surface area contributed by atoms with Crippen LogP contribution in [-0.4, -0.2) is 23.6 Å². The molecule has 0 bridgehead atoms. The van der Waals surface area contributed by atoms with E-state index in [9.17, 15) is 28.1 Å². The summed E-state index contributed by atoms with van der Waals surface area (Å²) >= 11 is 0. The van der Waals surface area contributed by atoms with Gasteiger partial charge in [0.15, 0.2) is 0 Å². The fourth-order valence-electron chi connectivity index (χ4n) is 1.50. The summed E-state index contributed by atoms with van der Waals surface area (Å²) in [6.45, 7) is -0.0731. The van der Waals surface area contributed by atoms with Gasteiger partial charge < -0.3 is 11.1 Å². The van der Waals surface area contributed by atoms with Gasteiger partial charge in [-0.3, -0.25) is 14.9 Å². The minimum atomic E-state index is -4.26. The van der Waals surface area contributed by atoms with Crippen molar-refractivity contribution < 1.29 is 22.9 Å². The van der Waals surface area contributed by atoms with Crippen molar-refractivity contribution in [3.05, 3.63) is 33.9 Å². The first-order valence-corrected chi connectivity index (χ1v) is 5.59. The number of carbonyl (C=O) groups excluding carboxylic acids is 1. The maximum absolute atomic E-state index is 11.9. The number of rotatable bonds is 6. The maximum atomic E-state index is 11.9. The number of nitrogens with zero attached hydrogens (tertiary/aromatic N) is 1. The lowest BCUT2D eigenvalue weighted by molar-refractivity contribution is -0.384. The van der Waals surface area contributed by atoms with E-state index >= 15 is 0 Å². The Bertz CT molecular complexity index is 517. The van der Waals surface area contributed by atoms with Crippen LogP contribution in [0, 0.1) is 10.1 Å². The van der Waals surface area contributed by atoms with Crippen molar-refractivity contribution in [1.29, 1.82) is 0 Å². The van der Waals surface area contributed by atoms with Gasteiger partial charge in [0.1, 0.15) is 5.69 Å². The number of nitro groups is 1. The lowest BCUT2D eigenvalue weighted by atomic mass is 10.1. The minimum absolute atomic E-state index is 0.0437. The predicted molar refractivity (Wildman–Crippen MR) is 65.4 cm³/mol. The smallest absolute Gasteiger partial charge is 0.379 e. The van der Waals surface area contributed by atoms with Crippen molar-refractivity contribution in [3.8, 4) is 0 Å². The molecular formula is C11H12F3N3O3. The van der Waals surface area contributed by atoms with Gasteiger partial charge in [0.05, 0.1) is 4.92 Å². The molecule has 9 heteroatoms. The highest BCUT2D eigenvalue weighted by Crippen LogP contribution is 2.26. The second-order valence-electron chi connectivity index (χ2n) is 4.00. The van der Waals surface area contributed by atoms with Crippen LogP contribution in [0.15, 0.2) is 18.2 Å². The van der Waals surface area contributed by atoms with E-state index in [1.54, 1.807) is 0 Å².